The van der Waals surface area contributed by atoms with Crippen molar-refractivity contribution in [3.63, 3.8) is 0 Å². The van der Waals surface area contributed by atoms with Gasteiger partial charge in [-0.25, -0.2) is 9.97 Å². The summed E-state index contributed by atoms with van der Waals surface area (Å²) in [6.45, 7) is 6.36. The molecule has 0 saturated heterocycles. The molecule has 0 aliphatic carbocycles. The van der Waals surface area contributed by atoms with E-state index in [1.54, 1.807) is 11.3 Å². The fourth-order valence-electron chi connectivity index (χ4n) is 2.30. The Morgan fingerprint density at radius 2 is 1.95 bits per heavy atom. The molecule has 2 aromatic heterocycles. The van der Waals surface area contributed by atoms with Crippen LogP contribution < -0.4 is 5.32 Å². The van der Waals surface area contributed by atoms with E-state index in [1.807, 2.05) is 0 Å². The molecule has 0 saturated carbocycles. The van der Waals surface area contributed by atoms with E-state index < -0.39 is 0 Å². The van der Waals surface area contributed by atoms with Gasteiger partial charge >= 0.3 is 0 Å². The second-order valence-electron chi connectivity index (χ2n) is 5.12. The van der Waals surface area contributed by atoms with Crippen LogP contribution in [-0.2, 0) is 12.8 Å². The van der Waals surface area contributed by atoms with Gasteiger partial charge in [0, 0.05) is 17.0 Å². The number of thiophene rings is 1. The molecule has 0 fully saturated rings. The number of nitrogens with one attached hydrogen (secondary N) is 1. The Kier molecular flexibility index (Phi) is 3.88. The van der Waals surface area contributed by atoms with E-state index in [9.17, 15) is 0 Å². The lowest BCUT2D eigenvalue weighted by molar-refractivity contribution is 0.967. The minimum Gasteiger partial charge on any atom is -0.340 e. The quantitative estimate of drug-likeness (QED) is 0.746. The predicted octanol–water partition coefficient (Wildman–Crippen LogP) is 4.87. The number of hydrogen-bond donors (Lipinski definition) is 1. The highest BCUT2D eigenvalue weighted by atomic mass is 32.1. The minimum atomic E-state index is 0.845. The molecule has 0 aliphatic heterocycles. The van der Waals surface area contributed by atoms with Gasteiger partial charge in [-0.15, -0.1) is 11.3 Å². The van der Waals surface area contributed by atoms with Crippen LogP contribution in [0.1, 0.15) is 30.1 Å². The molecule has 0 aliphatic rings. The lowest BCUT2D eigenvalue weighted by Crippen LogP contribution is -1.99. The first-order valence-electron chi connectivity index (χ1n) is 7.32. The number of aryl methyl sites for hydroxylation is 3. The maximum Gasteiger partial charge on any atom is 0.142 e. The van der Waals surface area contributed by atoms with Gasteiger partial charge in [0.2, 0.25) is 0 Å². The molecule has 0 bridgehead atoms. The zero-order chi connectivity index (χ0) is 14.8. The van der Waals surface area contributed by atoms with Gasteiger partial charge in [0.15, 0.2) is 0 Å². The van der Waals surface area contributed by atoms with Crippen LogP contribution in [0.15, 0.2) is 30.3 Å². The molecule has 1 N–H and O–H groups in total. The predicted molar refractivity (Wildman–Crippen MR) is 90.6 cm³/mol. The number of hydrogen-bond acceptors (Lipinski definition) is 4. The maximum absolute atomic E-state index is 4.68. The van der Waals surface area contributed by atoms with Gasteiger partial charge in [0.1, 0.15) is 16.5 Å². The molecule has 0 atom stereocenters. The Morgan fingerprint density at radius 3 is 2.67 bits per heavy atom. The topological polar surface area (TPSA) is 37.8 Å². The first kappa shape index (κ1) is 14.0. The lowest BCUT2D eigenvalue weighted by Gasteiger charge is -2.08. The molecular weight excluding hydrogens is 278 g/mol. The average Bonchev–Trinajstić information content (AvgIpc) is 2.90. The molecule has 3 nitrogen and oxygen atoms in total. The number of nitrogens with zero attached hydrogens (tertiary/aromatic N) is 2. The van der Waals surface area contributed by atoms with Crippen molar-refractivity contribution >= 4 is 33.1 Å². The highest BCUT2D eigenvalue weighted by Gasteiger charge is 2.11. The van der Waals surface area contributed by atoms with Crippen LogP contribution in [0.5, 0.6) is 0 Å². The van der Waals surface area contributed by atoms with Crippen molar-refractivity contribution in [2.45, 2.75) is 33.6 Å². The average molecular weight is 297 g/mol. The van der Waals surface area contributed by atoms with Crippen molar-refractivity contribution in [1.82, 2.24) is 9.97 Å². The molecule has 1 aromatic carbocycles. The van der Waals surface area contributed by atoms with E-state index in [0.717, 1.165) is 40.4 Å². The Morgan fingerprint density at radius 1 is 1.10 bits per heavy atom. The fraction of sp³-hybridized carbons (Fsp3) is 0.294. The van der Waals surface area contributed by atoms with Crippen LogP contribution in [-0.4, -0.2) is 9.97 Å². The third-order valence-electron chi connectivity index (χ3n) is 3.44. The summed E-state index contributed by atoms with van der Waals surface area (Å²) in [6, 6.07) is 10.6. The van der Waals surface area contributed by atoms with Crippen LogP contribution in [0.3, 0.4) is 0 Å². The first-order chi connectivity index (χ1) is 10.2. The molecule has 0 spiro atoms. The summed E-state index contributed by atoms with van der Waals surface area (Å²) in [5.41, 5.74) is 2.31. The zero-order valence-electron chi connectivity index (χ0n) is 12.6. The van der Waals surface area contributed by atoms with Crippen molar-refractivity contribution in [1.29, 1.82) is 0 Å². The molecule has 0 amide bonds. The van der Waals surface area contributed by atoms with Gasteiger partial charge in [-0.1, -0.05) is 26.0 Å². The fourth-order valence-corrected chi connectivity index (χ4v) is 3.29. The summed E-state index contributed by atoms with van der Waals surface area (Å²) in [4.78, 5) is 11.8. The second-order valence-corrected chi connectivity index (χ2v) is 6.24. The molecule has 0 radical (unpaired) electrons. The number of anilines is 2. The smallest absolute Gasteiger partial charge is 0.142 e. The highest BCUT2D eigenvalue weighted by molar-refractivity contribution is 7.18. The van der Waals surface area contributed by atoms with Gasteiger partial charge in [0.25, 0.3) is 0 Å². The van der Waals surface area contributed by atoms with E-state index >= 15 is 0 Å². The largest absolute Gasteiger partial charge is 0.340 e. The molecule has 3 rings (SSSR count). The molecule has 0 unspecified atom stereocenters. The van der Waals surface area contributed by atoms with Crippen molar-refractivity contribution < 1.29 is 0 Å². The number of fused-ring (bicyclic) bond motifs is 1. The molecule has 21 heavy (non-hydrogen) atoms. The van der Waals surface area contributed by atoms with E-state index in [4.69, 9.17) is 0 Å². The highest BCUT2D eigenvalue weighted by Crippen LogP contribution is 2.31. The summed E-state index contributed by atoms with van der Waals surface area (Å²) in [5.74, 6) is 1.81. The van der Waals surface area contributed by atoms with Crippen LogP contribution >= 0.6 is 11.3 Å². The molecule has 108 valence electrons. The summed E-state index contributed by atoms with van der Waals surface area (Å²) < 4.78 is 0. The summed E-state index contributed by atoms with van der Waals surface area (Å²) in [6.07, 6.45) is 1.88. The van der Waals surface area contributed by atoms with E-state index in [-0.39, 0.29) is 0 Å². The molecule has 2 heterocycles. The Hall–Kier alpha value is -1.94. The number of aromatic nitrogens is 2. The Bertz CT molecular complexity index is 777. The van der Waals surface area contributed by atoms with Crippen LogP contribution in [0.2, 0.25) is 0 Å². The third-order valence-corrected chi connectivity index (χ3v) is 4.61. The van der Waals surface area contributed by atoms with Crippen molar-refractivity contribution in [3.05, 3.63) is 46.6 Å². The Balaban J connectivity index is 2.09. The monoisotopic (exact) mass is 297 g/mol. The van der Waals surface area contributed by atoms with Crippen LogP contribution in [0.25, 0.3) is 10.2 Å². The van der Waals surface area contributed by atoms with Gasteiger partial charge in [-0.2, -0.15) is 0 Å². The minimum absolute atomic E-state index is 0.845. The number of benzene rings is 1. The van der Waals surface area contributed by atoms with Crippen molar-refractivity contribution in [2.75, 3.05) is 5.32 Å². The third kappa shape index (κ3) is 2.90. The van der Waals surface area contributed by atoms with E-state index in [1.165, 1.54) is 10.4 Å². The van der Waals surface area contributed by atoms with E-state index in [0.29, 0.717) is 0 Å². The second kappa shape index (κ2) is 5.82. The van der Waals surface area contributed by atoms with Crippen LogP contribution in [0, 0.1) is 6.92 Å². The Labute approximate surface area is 129 Å². The van der Waals surface area contributed by atoms with Crippen LogP contribution in [0.4, 0.5) is 11.5 Å². The SMILES string of the molecule is CCc1nc(Nc2cccc(C)c2)c2cc(CC)sc2n1. The standard InChI is InChI=1S/C17H19N3S/c1-4-13-10-14-16(18-12-8-6-7-11(3)9-12)19-15(5-2)20-17(14)21-13/h6-10H,4-5H2,1-3H3,(H,18,19,20). The maximum atomic E-state index is 4.68. The molecule has 3 aromatic rings. The lowest BCUT2D eigenvalue weighted by atomic mass is 10.2. The summed E-state index contributed by atoms with van der Waals surface area (Å²) in [7, 11) is 0. The summed E-state index contributed by atoms with van der Waals surface area (Å²) in [5, 5.41) is 4.58. The van der Waals surface area contributed by atoms with Gasteiger partial charge in [0.05, 0.1) is 5.39 Å². The van der Waals surface area contributed by atoms with Crippen molar-refractivity contribution in [3.8, 4) is 0 Å². The zero-order valence-corrected chi connectivity index (χ0v) is 13.4. The normalized spacial score (nSPS) is 11.0. The molecule has 4 heteroatoms. The first-order valence-corrected chi connectivity index (χ1v) is 8.14. The van der Waals surface area contributed by atoms with Gasteiger partial charge in [-0.05, 0) is 37.1 Å². The number of rotatable bonds is 4. The van der Waals surface area contributed by atoms with E-state index in [2.05, 4.69) is 66.4 Å². The summed E-state index contributed by atoms with van der Waals surface area (Å²) >= 11 is 1.76. The van der Waals surface area contributed by atoms with Gasteiger partial charge in [-0.3, -0.25) is 0 Å². The van der Waals surface area contributed by atoms with Gasteiger partial charge < -0.3 is 5.32 Å². The molecular formula is C17H19N3S. The van der Waals surface area contributed by atoms with Crippen molar-refractivity contribution in [2.24, 2.45) is 0 Å².